The zero-order valence-corrected chi connectivity index (χ0v) is 10.4. The lowest BCUT2D eigenvalue weighted by molar-refractivity contribution is 0.475. The van der Waals surface area contributed by atoms with Gasteiger partial charge >= 0.3 is 0 Å². The molecule has 4 nitrogen and oxygen atoms in total. The van der Waals surface area contributed by atoms with E-state index in [1.807, 2.05) is 6.92 Å². The molecule has 1 saturated heterocycles. The molecule has 0 aromatic carbocycles. The number of rotatable bonds is 1. The van der Waals surface area contributed by atoms with Gasteiger partial charge in [0.2, 0.25) is 0 Å². The average molecular weight is 258 g/mol. The number of hydrogen-bond acceptors (Lipinski definition) is 4. The highest BCUT2D eigenvalue weighted by Crippen LogP contribution is 2.19. The molecule has 2 heterocycles. The van der Waals surface area contributed by atoms with Gasteiger partial charge in [-0.15, -0.1) is 0 Å². The average Bonchev–Trinajstić information content (AvgIpc) is 2.39. The number of nitrogens with one attached hydrogen (secondary N) is 1. The van der Waals surface area contributed by atoms with Crippen LogP contribution in [0.25, 0.3) is 0 Å². The van der Waals surface area contributed by atoms with Crippen molar-refractivity contribution in [3.05, 3.63) is 29.8 Å². The van der Waals surface area contributed by atoms with Crippen LogP contribution >= 0.6 is 0 Å². The molecule has 2 unspecified atom stereocenters. The summed E-state index contributed by atoms with van der Waals surface area (Å²) in [6, 6.07) is 2.59. The van der Waals surface area contributed by atoms with E-state index in [9.17, 15) is 12.8 Å². The van der Waals surface area contributed by atoms with Crippen molar-refractivity contribution in [3.8, 4) is 0 Å². The fourth-order valence-corrected chi connectivity index (χ4v) is 3.59. The van der Waals surface area contributed by atoms with Crippen molar-refractivity contribution in [3.63, 3.8) is 0 Å². The van der Waals surface area contributed by atoms with Crippen LogP contribution in [-0.2, 0) is 9.84 Å². The molecule has 17 heavy (non-hydrogen) atoms. The van der Waals surface area contributed by atoms with E-state index >= 15 is 0 Å². The van der Waals surface area contributed by atoms with Gasteiger partial charge in [-0.05, 0) is 25.5 Å². The minimum atomic E-state index is -3.06. The summed E-state index contributed by atoms with van der Waals surface area (Å²) in [6.45, 7) is 1.94. The lowest BCUT2D eigenvalue weighted by atomic mass is 10.1. The summed E-state index contributed by atoms with van der Waals surface area (Å²) >= 11 is 0. The molecule has 0 saturated carbocycles. The van der Waals surface area contributed by atoms with Gasteiger partial charge in [-0.25, -0.2) is 12.8 Å². The highest BCUT2D eigenvalue weighted by Gasteiger charge is 2.27. The first-order valence-corrected chi connectivity index (χ1v) is 7.36. The summed E-state index contributed by atoms with van der Waals surface area (Å²) in [4.78, 5) is 3.94. The maximum absolute atomic E-state index is 12.8. The quantitative estimate of drug-likeness (QED) is 0.818. The van der Waals surface area contributed by atoms with E-state index in [4.69, 9.17) is 0 Å². The van der Waals surface area contributed by atoms with Gasteiger partial charge < -0.3 is 5.32 Å². The third-order valence-corrected chi connectivity index (χ3v) is 4.57. The third kappa shape index (κ3) is 3.23. The van der Waals surface area contributed by atoms with Gasteiger partial charge in [-0.3, -0.25) is 4.98 Å². The van der Waals surface area contributed by atoms with E-state index in [1.54, 1.807) is 0 Å². The van der Waals surface area contributed by atoms with Crippen LogP contribution in [0.3, 0.4) is 0 Å². The van der Waals surface area contributed by atoms with E-state index < -0.39 is 15.7 Å². The Bertz CT molecular complexity index is 487. The Morgan fingerprint density at radius 2 is 2.24 bits per heavy atom. The number of aromatic nitrogens is 1. The molecule has 1 aliphatic rings. The first-order valence-electron chi connectivity index (χ1n) is 5.54. The van der Waals surface area contributed by atoms with Crippen LogP contribution < -0.4 is 5.32 Å². The van der Waals surface area contributed by atoms with Crippen molar-refractivity contribution in [2.24, 2.45) is 0 Å². The standard InChI is InChI=1S/C11H15FN2O2S/c1-8-4-5-17(15,16)7-11(14-8)10-3-2-9(12)6-13-10/h2-3,6,8,11,14H,4-5,7H2,1H3. The maximum Gasteiger partial charge on any atom is 0.152 e. The summed E-state index contributed by atoms with van der Waals surface area (Å²) in [7, 11) is -3.06. The van der Waals surface area contributed by atoms with Gasteiger partial charge in [0.15, 0.2) is 9.84 Å². The molecule has 0 amide bonds. The minimum absolute atomic E-state index is 0.0238. The van der Waals surface area contributed by atoms with Gasteiger partial charge in [0.05, 0.1) is 29.4 Å². The molecule has 0 spiro atoms. The van der Waals surface area contributed by atoms with E-state index in [1.165, 1.54) is 12.1 Å². The van der Waals surface area contributed by atoms with E-state index in [-0.39, 0.29) is 23.6 Å². The third-order valence-electron chi connectivity index (χ3n) is 2.88. The molecule has 1 aromatic heterocycles. The van der Waals surface area contributed by atoms with Gasteiger partial charge in [-0.2, -0.15) is 0 Å². The number of halogens is 1. The lowest BCUT2D eigenvalue weighted by Gasteiger charge is -2.18. The smallest absolute Gasteiger partial charge is 0.152 e. The van der Waals surface area contributed by atoms with Gasteiger partial charge in [-0.1, -0.05) is 0 Å². The summed E-state index contributed by atoms with van der Waals surface area (Å²) in [5, 5.41) is 3.21. The number of sulfone groups is 1. The van der Waals surface area contributed by atoms with Crippen molar-refractivity contribution < 1.29 is 12.8 Å². The Hall–Kier alpha value is -1.01. The second-order valence-corrected chi connectivity index (χ2v) is 6.65. The maximum atomic E-state index is 12.8. The molecule has 2 rings (SSSR count). The van der Waals surface area contributed by atoms with E-state index in [2.05, 4.69) is 10.3 Å². The monoisotopic (exact) mass is 258 g/mol. The zero-order chi connectivity index (χ0) is 12.5. The number of nitrogens with zero attached hydrogens (tertiary/aromatic N) is 1. The minimum Gasteiger partial charge on any atom is -0.305 e. The van der Waals surface area contributed by atoms with Crippen molar-refractivity contribution in [1.82, 2.24) is 10.3 Å². The molecule has 1 aromatic rings. The molecule has 1 fully saturated rings. The molecule has 0 aliphatic carbocycles. The lowest BCUT2D eigenvalue weighted by Crippen LogP contribution is -2.31. The Morgan fingerprint density at radius 3 is 2.88 bits per heavy atom. The van der Waals surface area contributed by atoms with Crippen LogP contribution in [0.4, 0.5) is 4.39 Å². The second kappa shape index (κ2) is 4.70. The van der Waals surface area contributed by atoms with E-state index in [0.717, 1.165) is 6.20 Å². The van der Waals surface area contributed by atoms with Crippen LogP contribution in [0.2, 0.25) is 0 Å². The summed E-state index contributed by atoms with van der Waals surface area (Å²) < 4.78 is 36.2. The zero-order valence-electron chi connectivity index (χ0n) is 9.56. The molecule has 2 atom stereocenters. The number of pyridine rings is 1. The van der Waals surface area contributed by atoms with Crippen LogP contribution in [0.15, 0.2) is 18.3 Å². The molecular formula is C11H15FN2O2S. The first-order chi connectivity index (χ1) is 7.96. The summed E-state index contributed by atoms with van der Waals surface area (Å²) in [5.74, 6) is -0.201. The molecule has 0 radical (unpaired) electrons. The fourth-order valence-electron chi connectivity index (χ4n) is 1.93. The highest BCUT2D eigenvalue weighted by atomic mass is 32.2. The Morgan fingerprint density at radius 1 is 1.47 bits per heavy atom. The molecule has 1 N–H and O–H groups in total. The molecular weight excluding hydrogens is 243 g/mol. The van der Waals surface area contributed by atoms with Crippen LogP contribution in [0.5, 0.6) is 0 Å². The van der Waals surface area contributed by atoms with Crippen LogP contribution in [-0.4, -0.2) is 30.9 Å². The van der Waals surface area contributed by atoms with Crippen LogP contribution in [0, 0.1) is 5.82 Å². The summed E-state index contributed by atoms with van der Waals surface area (Å²) in [5.41, 5.74) is 0.573. The Labute approximate surface area is 100 Å². The van der Waals surface area contributed by atoms with Crippen LogP contribution in [0.1, 0.15) is 25.1 Å². The highest BCUT2D eigenvalue weighted by molar-refractivity contribution is 7.91. The first kappa shape index (κ1) is 12.4. The largest absolute Gasteiger partial charge is 0.305 e. The molecule has 94 valence electrons. The predicted octanol–water partition coefficient (Wildman–Crippen LogP) is 1.06. The SMILES string of the molecule is CC1CCS(=O)(=O)CC(c2ccc(F)cn2)N1. The molecule has 6 heteroatoms. The van der Waals surface area contributed by atoms with Crippen molar-refractivity contribution in [1.29, 1.82) is 0 Å². The topological polar surface area (TPSA) is 59.1 Å². The molecule has 1 aliphatic heterocycles. The Balaban J connectivity index is 2.26. The van der Waals surface area contributed by atoms with Gasteiger partial charge in [0.1, 0.15) is 5.82 Å². The van der Waals surface area contributed by atoms with Crippen molar-refractivity contribution in [2.45, 2.75) is 25.4 Å². The van der Waals surface area contributed by atoms with Gasteiger partial charge in [0.25, 0.3) is 0 Å². The van der Waals surface area contributed by atoms with Crippen molar-refractivity contribution >= 4 is 9.84 Å². The predicted molar refractivity (Wildman–Crippen MR) is 62.8 cm³/mol. The normalized spacial score (nSPS) is 28.6. The molecule has 0 bridgehead atoms. The van der Waals surface area contributed by atoms with Crippen molar-refractivity contribution in [2.75, 3.05) is 11.5 Å². The Kier molecular flexibility index (Phi) is 3.44. The summed E-state index contributed by atoms with van der Waals surface area (Å²) in [6.07, 6.45) is 1.71. The van der Waals surface area contributed by atoms with Gasteiger partial charge in [0, 0.05) is 6.04 Å². The van der Waals surface area contributed by atoms with E-state index in [0.29, 0.717) is 12.1 Å². The fraction of sp³-hybridized carbons (Fsp3) is 0.545. The number of hydrogen-bond donors (Lipinski definition) is 1. The second-order valence-electron chi connectivity index (χ2n) is 4.42.